The van der Waals surface area contributed by atoms with E-state index in [1.54, 1.807) is 22.3 Å². The lowest BCUT2D eigenvalue weighted by Gasteiger charge is -2.22. The Morgan fingerprint density at radius 3 is 0.859 bits per heavy atom. The van der Waals surface area contributed by atoms with Crippen molar-refractivity contribution >= 4 is 64.6 Å². The van der Waals surface area contributed by atoms with Gasteiger partial charge in [0.05, 0.1) is 0 Å². The van der Waals surface area contributed by atoms with Crippen LogP contribution in [-0.4, -0.2) is 0 Å². The molecule has 64 heavy (non-hydrogen) atoms. The fourth-order valence-corrected chi connectivity index (χ4v) is 11.7. The highest BCUT2D eigenvalue weighted by Crippen LogP contribution is 2.47. The van der Waals surface area contributed by atoms with Gasteiger partial charge >= 0.3 is 0 Å². The van der Waals surface area contributed by atoms with E-state index in [4.69, 9.17) is 0 Å². The van der Waals surface area contributed by atoms with E-state index in [0.29, 0.717) is 0 Å². The lowest BCUT2D eigenvalue weighted by atomic mass is 9.81. The lowest BCUT2D eigenvalue weighted by molar-refractivity contribution is 0.608. The quantitative estimate of drug-likeness (QED) is 0.0325. The second-order valence-electron chi connectivity index (χ2n) is 20.2. The standard InChI is InChI=1S/C64H82/c1-5-9-13-17-21-25-29-47-33-35-49-37-39-55-51(31-27-23-19-15-11-7-3)45-59(57-43-41-53(47)61(49)63(55)57)60-46-52(32-28-24-20-16-12-8-4)56-40-38-50-36-34-48(30-26-22-18-14-10-6-2)54-42-44-58(60)64(56)62(50)54/h33-46H,5-32H2,1-4H3. The van der Waals surface area contributed by atoms with E-state index in [9.17, 15) is 0 Å². The van der Waals surface area contributed by atoms with Crippen LogP contribution in [-0.2, 0) is 25.7 Å². The molecule has 0 nitrogen and oxygen atoms in total. The summed E-state index contributed by atoms with van der Waals surface area (Å²) in [5.74, 6) is 0. The normalized spacial score (nSPS) is 12.2. The molecule has 0 saturated carbocycles. The van der Waals surface area contributed by atoms with Gasteiger partial charge in [-0.1, -0.05) is 229 Å². The van der Waals surface area contributed by atoms with Crippen LogP contribution < -0.4 is 0 Å². The summed E-state index contributed by atoms with van der Waals surface area (Å²) >= 11 is 0. The van der Waals surface area contributed by atoms with E-state index in [2.05, 4.69) is 113 Å². The second kappa shape index (κ2) is 23.3. The zero-order chi connectivity index (χ0) is 44.1. The third-order valence-corrected chi connectivity index (χ3v) is 15.4. The molecule has 0 N–H and O–H groups in total. The van der Waals surface area contributed by atoms with E-state index in [-0.39, 0.29) is 0 Å². The van der Waals surface area contributed by atoms with Crippen molar-refractivity contribution in [1.82, 2.24) is 0 Å². The zero-order valence-electron chi connectivity index (χ0n) is 40.9. The molecule has 0 saturated heterocycles. The summed E-state index contributed by atoms with van der Waals surface area (Å²) in [6, 6.07) is 35.2. The van der Waals surface area contributed by atoms with Crippen LogP contribution in [0.5, 0.6) is 0 Å². The minimum atomic E-state index is 1.15. The molecule has 0 heterocycles. The molecule has 0 atom stereocenters. The van der Waals surface area contributed by atoms with Crippen LogP contribution in [0.25, 0.3) is 75.8 Å². The fourth-order valence-electron chi connectivity index (χ4n) is 11.7. The van der Waals surface area contributed by atoms with Crippen molar-refractivity contribution in [3.05, 3.63) is 107 Å². The maximum Gasteiger partial charge on any atom is -0.00177 e. The molecule has 0 aromatic heterocycles. The number of unbranched alkanes of at least 4 members (excludes halogenated alkanes) is 20. The number of benzene rings is 8. The molecule has 0 unspecified atom stereocenters. The largest absolute Gasteiger partial charge is 0.0654 e. The summed E-state index contributed by atoms with van der Waals surface area (Å²) < 4.78 is 0. The maximum absolute atomic E-state index is 2.68. The summed E-state index contributed by atoms with van der Waals surface area (Å²) in [4.78, 5) is 0. The van der Waals surface area contributed by atoms with Crippen LogP contribution in [0.4, 0.5) is 0 Å². The number of aryl methyl sites for hydroxylation is 4. The smallest absolute Gasteiger partial charge is 0.00177 e. The fraction of sp³-hybridized carbons (Fsp3) is 0.500. The zero-order valence-corrected chi connectivity index (χ0v) is 40.9. The van der Waals surface area contributed by atoms with Crippen molar-refractivity contribution in [3.63, 3.8) is 0 Å². The van der Waals surface area contributed by atoms with E-state index < -0.39 is 0 Å². The van der Waals surface area contributed by atoms with Crippen LogP contribution in [0.1, 0.15) is 204 Å². The van der Waals surface area contributed by atoms with Gasteiger partial charge in [-0.25, -0.2) is 0 Å². The van der Waals surface area contributed by atoms with E-state index in [1.807, 2.05) is 0 Å². The molecule has 0 amide bonds. The third kappa shape index (κ3) is 10.4. The molecule has 8 rings (SSSR count). The van der Waals surface area contributed by atoms with Crippen molar-refractivity contribution in [2.45, 2.75) is 207 Å². The molecule has 0 fully saturated rings. The van der Waals surface area contributed by atoms with Gasteiger partial charge in [-0.2, -0.15) is 0 Å². The maximum atomic E-state index is 2.68. The lowest BCUT2D eigenvalue weighted by Crippen LogP contribution is -1.99. The SMILES string of the molecule is CCCCCCCCc1ccc2ccc3c(CCCCCCCC)cc(-c4cc(CCCCCCCC)c5ccc6ccc(CCCCCCCC)c7ccc4c5c67)c4ccc1c2c34. The Hall–Kier alpha value is -4.16. The second-order valence-corrected chi connectivity index (χ2v) is 20.2. The Morgan fingerprint density at radius 2 is 0.500 bits per heavy atom. The third-order valence-electron chi connectivity index (χ3n) is 15.4. The van der Waals surface area contributed by atoms with Crippen LogP contribution in [0.3, 0.4) is 0 Å². The van der Waals surface area contributed by atoms with Gasteiger partial charge < -0.3 is 0 Å². The first-order chi connectivity index (χ1) is 31.7. The van der Waals surface area contributed by atoms with Gasteiger partial charge in [0.15, 0.2) is 0 Å². The molecule has 0 aliphatic carbocycles. The molecular weight excluding hydrogens is 769 g/mol. The van der Waals surface area contributed by atoms with Gasteiger partial charge in [0.2, 0.25) is 0 Å². The van der Waals surface area contributed by atoms with Gasteiger partial charge in [0.1, 0.15) is 0 Å². The molecule has 0 spiro atoms. The van der Waals surface area contributed by atoms with Gasteiger partial charge in [0.25, 0.3) is 0 Å². The van der Waals surface area contributed by atoms with Crippen LogP contribution >= 0.6 is 0 Å². The molecule has 0 aliphatic rings. The average molecular weight is 851 g/mol. The minimum absolute atomic E-state index is 1.15. The molecule has 0 bridgehead atoms. The van der Waals surface area contributed by atoms with E-state index in [1.165, 1.54) is 243 Å². The Bertz CT molecular complexity index is 2490. The molecule has 8 aromatic carbocycles. The predicted octanol–water partition coefficient (Wildman–Crippen LogP) is 20.8. The van der Waals surface area contributed by atoms with Crippen LogP contribution in [0.15, 0.2) is 84.9 Å². The van der Waals surface area contributed by atoms with Crippen molar-refractivity contribution in [2.75, 3.05) is 0 Å². The molecule has 0 aliphatic heterocycles. The highest BCUT2D eigenvalue weighted by molar-refractivity contribution is 6.30. The average Bonchev–Trinajstić information content (AvgIpc) is 3.32. The monoisotopic (exact) mass is 851 g/mol. The van der Waals surface area contributed by atoms with Crippen LogP contribution in [0.2, 0.25) is 0 Å². The first-order valence-electron chi connectivity index (χ1n) is 27.1. The van der Waals surface area contributed by atoms with Crippen molar-refractivity contribution in [3.8, 4) is 11.1 Å². The summed E-state index contributed by atoms with van der Waals surface area (Å²) in [5, 5.41) is 17.7. The van der Waals surface area contributed by atoms with Crippen LogP contribution in [0, 0.1) is 0 Å². The Morgan fingerprint density at radius 1 is 0.234 bits per heavy atom. The number of hydrogen-bond acceptors (Lipinski definition) is 0. The summed E-state index contributed by atoms with van der Waals surface area (Å²) in [6.07, 6.45) is 36.7. The Labute approximate surface area is 388 Å². The number of rotatable bonds is 29. The molecule has 338 valence electrons. The predicted molar refractivity (Wildman–Crippen MR) is 288 cm³/mol. The summed E-state index contributed by atoms with van der Waals surface area (Å²) in [7, 11) is 0. The first kappa shape index (κ1) is 46.4. The van der Waals surface area contributed by atoms with Gasteiger partial charge in [-0.05, 0) is 162 Å². The minimum Gasteiger partial charge on any atom is -0.0654 e. The Balaban J connectivity index is 1.28. The highest BCUT2D eigenvalue weighted by atomic mass is 14.3. The number of hydrogen-bond donors (Lipinski definition) is 0. The molecule has 8 aromatic rings. The van der Waals surface area contributed by atoms with E-state index >= 15 is 0 Å². The topological polar surface area (TPSA) is 0 Å². The van der Waals surface area contributed by atoms with Gasteiger partial charge in [-0.3, -0.25) is 0 Å². The molecule has 0 heteroatoms. The first-order valence-corrected chi connectivity index (χ1v) is 27.1. The van der Waals surface area contributed by atoms with E-state index in [0.717, 1.165) is 12.8 Å². The van der Waals surface area contributed by atoms with Gasteiger partial charge in [-0.15, -0.1) is 0 Å². The van der Waals surface area contributed by atoms with Crippen molar-refractivity contribution in [1.29, 1.82) is 0 Å². The molecule has 0 radical (unpaired) electrons. The molecular formula is C64H82. The van der Waals surface area contributed by atoms with Crippen molar-refractivity contribution in [2.24, 2.45) is 0 Å². The van der Waals surface area contributed by atoms with Gasteiger partial charge in [0, 0.05) is 0 Å². The van der Waals surface area contributed by atoms with Crippen molar-refractivity contribution < 1.29 is 0 Å². The Kier molecular flexibility index (Phi) is 16.9. The summed E-state index contributed by atoms with van der Waals surface area (Å²) in [6.45, 7) is 9.31. The highest BCUT2D eigenvalue weighted by Gasteiger charge is 2.22. The summed E-state index contributed by atoms with van der Waals surface area (Å²) in [5.41, 5.74) is 9.11.